The largest absolute Gasteiger partial charge is 0.249 e. The third kappa shape index (κ3) is 7.29. The molecule has 9 aromatic rings. The van der Waals surface area contributed by atoms with Crippen LogP contribution in [0.5, 0.6) is 0 Å². The van der Waals surface area contributed by atoms with Crippen LogP contribution in [0.1, 0.15) is 16.7 Å². The molecule has 0 N–H and O–H groups in total. The van der Waals surface area contributed by atoms with E-state index in [1.165, 1.54) is 82.3 Å². The zero-order valence-corrected chi connectivity index (χ0v) is 35.4. The molecule has 0 nitrogen and oxygen atoms in total. The minimum atomic E-state index is -3.67. The predicted octanol–water partition coefficient (Wildman–Crippen LogP) is 13.8. The molecule has 2 heteroatoms. The van der Waals surface area contributed by atoms with Gasteiger partial charge in [-0.15, -0.1) is 11.1 Å². The maximum atomic E-state index is 9.31. The molecule has 0 amide bonds. The average molecular weight is 794 g/mol. The fourth-order valence-corrected chi connectivity index (χ4v) is 14.3. The second-order valence-corrected chi connectivity index (χ2v) is 20.2. The Labute approximate surface area is 354 Å². The molecule has 0 bridgehead atoms. The highest BCUT2D eigenvalue weighted by Crippen LogP contribution is 2.41. The van der Waals surface area contributed by atoms with Gasteiger partial charge >= 0.3 is 0 Å². The van der Waals surface area contributed by atoms with E-state index >= 15 is 0 Å². The fourth-order valence-electron chi connectivity index (χ4n) is 8.89. The third-order valence-corrected chi connectivity index (χ3v) is 16.6. The van der Waals surface area contributed by atoms with Crippen LogP contribution < -0.4 is 15.6 Å². The van der Waals surface area contributed by atoms with E-state index in [1.54, 1.807) is 0 Å². The van der Waals surface area contributed by atoms with Gasteiger partial charge in [0.2, 0.25) is 7.38 Å². The smallest absolute Gasteiger partial charge is 0.149 e. The second-order valence-electron chi connectivity index (χ2n) is 15.6. The summed E-state index contributed by atoms with van der Waals surface area (Å²) in [5, 5.41) is 3.52. The fraction of sp³-hybridized carbons (Fsp3) is 0.0526. The molecular weight excluding hydrogens is 748 g/mol. The summed E-state index contributed by atoms with van der Waals surface area (Å²) in [5.74, 6) is 0. The van der Waals surface area contributed by atoms with Crippen molar-refractivity contribution < 1.29 is 0 Å². The first kappa shape index (κ1) is 38.0. The number of hydrogen-bond donors (Lipinski definition) is 0. The van der Waals surface area contributed by atoms with Gasteiger partial charge in [0.05, 0.1) is 0 Å². The van der Waals surface area contributed by atoms with E-state index in [-0.39, 0.29) is 0 Å². The topological polar surface area (TPSA) is 0 Å². The Morgan fingerprint density at radius 2 is 0.475 bits per heavy atom. The first-order valence-corrected chi connectivity index (χ1v) is 23.4. The Hall–Kier alpha value is -6.51. The molecule has 9 rings (SSSR count). The van der Waals surface area contributed by atoms with Gasteiger partial charge in [-0.1, -0.05) is 235 Å². The highest BCUT2D eigenvalue weighted by molar-refractivity contribution is 7.41. The number of aryl methyl sites for hydroxylation is 3. The molecule has 59 heavy (non-hydrogen) atoms. The Morgan fingerprint density at radius 3 is 0.695 bits per heavy atom. The maximum Gasteiger partial charge on any atom is 0.249 e. The molecule has 0 saturated carbocycles. The Kier molecular flexibility index (Phi) is 10.6. The van der Waals surface area contributed by atoms with Crippen molar-refractivity contribution in [2.24, 2.45) is 0 Å². The van der Waals surface area contributed by atoms with Crippen LogP contribution in [0.15, 0.2) is 218 Å². The summed E-state index contributed by atoms with van der Waals surface area (Å²) in [6, 6.07) is 79.5. The number of rotatable bonds is 9. The first-order chi connectivity index (χ1) is 28.9. The highest BCUT2D eigenvalue weighted by atomic mass is 35.6. The molecule has 284 valence electrons. The van der Waals surface area contributed by atoms with E-state index in [0.717, 1.165) is 16.7 Å². The SMILES string of the molecule is Cc1cc(-c2ccccc2)c(-c2ccccc2)c([Si](Cl)(c2cc(C)cc(-c3ccccc3)c2-c2ccccc2)c2cc(C)cc(-c3ccccc3)c2-c2ccccc2)c1. The van der Waals surface area contributed by atoms with Crippen molar-refractivity contribution in [1.29, 1.82) is 0 Å². The third-order valence-electron chi connectivity index (χ3n) is 11.4. The molecule has 0 aliphatic heterocycles. The van der Waals surface area contributed by atoms with Gasteiger partial charge in [0.1, 0.15) is 0 Å². The van der Waals surface area contributed by atoms with E-state index in [9.17, 15) is 11.1 Å². The summed E-state index contributed by atoms with van der Waals surface area (Å²) in [5.41, 5.74) is 17.5. The van der Waals surface area contributed by atoms with Gasteiger partial charge in [0, 0.05) is 0 Å². The normalized spacial score (nSPS) is 11.4. The van der Waals surface area contributed by atoms with Gasteiger partial charge < -0.3 is 0 Å². The van der Waals surface area contributed by atoms with Crippen LogP contribution in [0.4, 0.5) is 0 Å². The van der Waals surface area contributed by atoms with E-state index in [2.05, 4.69) is 239 Å². The van der Waals surface area contributed by atoms with Crippen LogP contribution >= 0.6 is 11.1 Å². The Balaban J connectivity index is 1.54. The van der Waals surface area contributed by atoms with Crippen molar-refractivity contribution in [3.05, 3.63) is 235 Å². The van der Waals surface area contributed by atoms with Gasteiger partial charge in [0.15, 0.2) is 0 Å². The van der Waals surface area contributed by atoms with E-state index in [1.807, 2.05) is 0 Å². The molecule has 0 spiro atoms. The monoisotopic (exact) mass is 792 g/mol. The number of hydrogen-bond acceptors (Lipinski definition) is 0. The van der Waals surface area contributed by atoms with Crippen molar-refractivity contribution in [3.8, 4) is 66.8 Å². The van der Waals surface area contributed by atoms with Crippen LogP contribution in [0.25, 0.3) is 66.8 Å². The summed E-state index contributed by atoms with van der Waals surface area (Å²) >= 11 is 9.31. The number of benzene rings is 9. The van der Waals surface area contributed by atoms with Gasteiger partial charge in [-0.25, -0.2) is 0 Å². The lowest BCUT2D eigenvalue weighted by molar-refractivity contribution is 1.46. The van der Waals surface area contributed by atoms with E-state index in [0.29, 0.717) is 0 Å². The molecule has 0 radical (unpaired) electrons. The summed E-state index contributed by atoms with van der Waals surface area (Å²) in [4.78, 5) is 0. The Morgan fingerprint density at radius 1 is 0.271 bits per heavy atom. The molecule has 0 heterocycles. The van der Waals surface area contributed by atoms with Crippen molar-refractivity contribution in [1.82, 2.24) is 0 Å². The van der Waals surface area contributed by atoms with Gasteiger partial charge in [-0.2, -0.15) is 0 Å². The lowest BCUT2D eigenvalue weighted by Crippen LogP contribution is -2.65. The molecule has 0 aliphatic carbocycles. The summed E-state index contributed by atoms with van der Waals surface area (Å²) < 4.78 is 0. The van der Waals surface area contributed by atoms with Crippen molar-refractivity contribution in [3.63, 3.8) is 0 Å². The maximum absolute atomic E-state index is 9.31. The lowest BCUT2D eigenvalue weighted by atomic mass is 9.92. The molecule has 9 aromatic carbocycles. The molecule has 0 fully saturated rings. The Bertz CT molecular complexity index is 2550. The van der Waals surface area contributed by atoms with Gasteiger partial charge in [0.25, 0.3) is 0 Å². The van der Waals surface area contributed by atoms with Gasteiger partial charge in [-0.05, 0) is 103 Å². The molecule has 0 atom stereocenters. The predicted molar refractivity (Wildman–Crippen MR) is 257 cm³/mol. The van der Waals surface area contributed by atoms with Crippen LogP contribution in [0.2, 0.25) is 0 Å². The minimum Gasteiger partial charge on any atom is -0.149 e. The van der Waals surface area contributed by atoms with Crippen LogP contribution in [0.3, 0.4) is 0 Å². The van der Waals surface area contributed by atoms with Gasteiger partial charge in [-0.3, -0.25) is 0 Å². The first-order valence-electron chi connectivity index (χ1n) is 20.4. The summed E-state index contributed by atoms with van der Waals surface area (Å²) in [6.07, 6.45) is 0. The quantitative estimate of drug-likeness (QED) is 0.0776. The lowest BCUT2D eigenvalue weighted by Gasteiger charge is -2.36. The molecular formula is C57H45ClSi. The zero-order chi connectivity index (χ0) is 40.3. The van der Waals surface area contributed by atoms with Crippen LogP contribution in [0, 0.1) is 20.8 Å². The zero-order valence-electron chi connectivity index (χ0n) is 33.7. The standard InChI is InChI=1S/C57H45ClSi/c1-40-34-49(43-22-10-4-11-23-43)55(46-28-16-7-17-29-46)52(37-40)59(58,53-38-41(2)35-50(44-24-12-5-13-25-44)56(53)47-30-18-8-19-31-47)54-39-42(3)36-51(45-26-14-6-15-27-45)57(54)48-32-20-9-21-33-48/h4-39H,1-3H3. The van der Waals surface area contributed by atoms with Crippen molar-refractivity contribution in [2.75, 3.05) is 0 Å². The average Bonchev–Trinajstić information content (AvgIpc) is 3.29. The second kappa shape index (κ2) is 16.4. The number of halogens is 1. The van der Waals surface area contributed by atoms with Crippen LogP contribution in [-0.4, -0.2) is 7.38 Å². The molecule has 0 aromatic heterocycles. The molecule has 0 unspecified atom stereocenters. The minimum absolute atomic E-state index is 1.15. The molecule has 0 aliphatic rings. The highest BCUT2D eigenvalue weighted by Gasteiger charge is 2.45. The van der Waals surface area contributed by atoms with Crippen molar-refractivity contribution in [2.45, 2.75) is 20.8 Å². The van der Waals surface area contributed by atoms with Crippen LogP contribution in [-0.2, 0) is 0 Å². The van der Waals surface area contributed by atoms with E-state index < -0.39 is 7.38 Å². The van der Waals surface area contributed by atoms with Crippen molar-refractivity contribution >= 4 is 34.0 Å². The summed E-state index contributed by atoms with van der Waals surface area (Å²) in [7, 11) is -3.67. The summed E-state index contributed by atoms with van der Waals surface area (Å²) in [6.45, 7) is 6.68. The van der Waals surface area contributed by atoms with E-state index in [4.69, 9.17) is 0 Å². The molecule has 0 saturated heterocycles.